The number of benzene rings is 2. The number of hydrogen-bond donors (Lipinski definition) is 1. The summed E-state index contributed by atoms with van der Waals surface area (Å²) in [6.45, 7) is 2.00. The van der Waals surface area contributed by atoms with Gasteiger partial charge in [-0.3, -0.25) is 9.59 Å². The van der Waals surface area contributed by atoms with Gasteiger partial charge in [0.25, 0.3) is 5.91 Å². The molecule has 2 aromatic rings. The molecule has 6 heteroatoms. The van der Waals surface area contributed by atoms with Crippen LogP contribution >= 0.6 is 11.6 Å². The third kappa shape index (κ3) is 3.99. The van der Waals surface area contributed by atoms with Crippen molar-refractivity contribution < 1.29 is 14.3 Å². The van der Waals surface area contributed by atoms with Crippen molar-refractivity contribution in [1.29, 1.82) is 0 Å². The van der Waals surface area contributed by atoms with Crippen molar-refractivity contribution in [2.75, 3.05) is 18.9 Å². The van der Waals surface area contributed by atoms with Crippen molar-refractivity contribution in [3.8, 4) is 5.75 Å². The smallest absolute Gasteiger partial charge is 0.264 e. The molecule has 5 nitrogen and oxygen atoms in total. The Morgan fingerprint density at radius 1 is 1.27 bits per heavy atom. The highest BCUT2D eigenvalue weighted by atomic mass is 35.5. The maximum atomic E-state index is 12.6. The zero-order valence-corrected chi connectivity index (χ0v) is 15.5. The number of carbonyl (C=O) groups is 2. The van der Waals surface area contributed by atoms with Gasteiger partial charge in [0.15, 0.2) is 6.10 Å². The van der Waals surface area contributed by atoms with Crippen LogP contribution < -0.4 is 10.1 Å². The second-order valence-corrected chi connectivity index (χ2v) is 6.75. The van der Waals surface area contributed by atoms with Crippen molar-refractivity contribution in [3.05, 3.63) is 58.6 Å². The van der Waals surface area contributed by atoms with Crippen LogP contribution in [0.1, 0.15) is 18.1 Å². The quantitative estimate of drug-likeness (QED) is 0.876. The number of aryl methyl sites for hydroxylation is 1. The molecule has 1 atom stereocenters. The molecule has 0 fully saturated rings. The van der Waals surface area contributed by atoms with Crippen LogP contribution in [0.4, 0.5) is 5.69 Å². The van der Waals surface area contributed by atoms with E-state index in [2.05, 4.69) is 5.32 Å². The lowest BCUT2D eigenvalue weighted by Crippen LogP contribution is -2.42. The van der Waals surface area contributed by atoms with E-state index < -0.39 is 6.10 Å². The minimum atomic E-state index is -0.621. The van der Waals surface area contributed by atoms with E-state index in [1.807, 2.05) is 31.2 Å². The first-order chi connectivity index (χ1) is 12.5. The number of ether oxygens (including phenoxy) is 1. The number of carbonyl (C=O) groups excluding carboxylic acids is 2. The average Bonchev–Trinajstić information content (AvgIpc) is 3.04. The van der Waals surface area contributed by atoms with Crippen molar-refractivity contribution in [2.24, 2.45) is 0 Å². The molecule has 0 spiro atoms. The van der Waals surface area contributed by atoms with Gasteiger partial charge < -0.3 is 15.0 Å². The van der Waals surface area contributed by atoms with Crippen molar-refractivity contribution in [3.63, 3.8) is 0 Å². The van der Waals surface area contributed by atoms with Gasteiger partial charge in [0.05, 0.1) is 6.54 Å². The Balaban J connectivity index is 1.59. The Labute approximate surface area is 157 Å². The summed E-state index contributed by atoms with van der Waals surface area (Å²) < 4.78 is 5.70. The van der Waals surface area contributed by atoms with E-state index in [0.29, 0.717) is 17.2 Å². The number of nitrogens with zero attached hydrogens (tertiary/aromatic N) is 1. The second kappa shape index (κ2) is 7.79. The molecule has 2 amide bonds. The number of para-hydroxylation sites is 1. The highest BCUT2D eigenvalue weighted by Gasteiger charge is 2.31. The molecule has 0 unspecified atom stereocenters. The number of amides is 2. The number of halogens is 1. The molecule has 1 aliphatic rings. The Morgan fingerprint density at radius 2 is 2.04 bits per heavy atom. The molecule has 0 aliphatic carbocycles. The molecule has 1 heterocycles. The van der Waals surface area contributed by atoms with Gasteiger partial charge in [-0.1, -0.05) is 36.7 Å². The van der Waals surface area contributed by atoms with E-state index >= 15 is 0 Å². The van der Waals surface area contributed by atoms with Gasteiger partial charge in [-0.15, -0.1) is 0 Å². The van der Waals surface area contributed by atoms with Crippen LogP contribution in [0.15, 0.2) is 42.5 Å². The first-order valence-corrected chi connectivity index (χ1v) is 8.93. The normalized spacial score (nSPS) is 15.1. The summed E-state index contributed by atoms with van der Waals surface area (Å²) in [5, 5.41) is 3.48. The number of hydrogen-bond acceptors (Lipinski definition) is 3. The monoisotopic (exact) mass is 372 g/mol. The first-order valence-electron chi connectivity index (χ1n) is 8.55. The fourth-order valence-corrected chi connectivity index (χ4v) is 3.23. The molecule has 2 aromatic carbocycles. The van der Waals surface area contributed by atoms with E-state index in [-0.39, 0.29) is 18.4 Å². The number of rotatable bonds is 5. The second-order valence-electron chi connectivity index (χ2n) is 6.32. The summed E-state index contributed by atoms with van der Waals surface area (Å²) in [6, 6.07) is 12.9. The standard InChI is InChI=1S/C20H21ClN2O3/c1-3-13-6-4-5-7-16(13)22-19(24)12-23(2)20(25)18-11-14-10-15(21)8-9-17(14)26-18/h4-10,18H,3,11-12H2,1-2H3,(H,22,24)/t18-/m1/s1. The molecule has 26 heavy (non-hydrogen) atoms. The van der Waals surface area contributed by atoms with Gasteiger partial charge in [0.1, 0.15) is 5.75 Å². The lowest BCUT2D eigenvalue weighted by atomic mass is 10.1. The van der Waals surface area contributed by atoms with Crippen LogP contribution in [0.2, 0.25) is 5.02 Å². The SMILES string of the molecule is CCc1ccccc1NC(=O)CN(C)C(=O)[C@H]1Cc2cc(Cl)ccc2O1. The van der Waals surface area contributed by atoms with E-state index in [4.69, 9.17) is 16.3 Å². The number of nitrogens with one attached hydrogen (secondary N) is 1. The van der Waals surface area contributed by atoms with Crippen LogP contribution in [-0.4, -0.2) is 36.4 Å². The largest absolute Gasteiger partial charge is 0.480 e. The fourth-order valence-electron chi connectivity index (χ4n) is 3.03. The van der Waals surface area contributed by atoms with Gasteiger partial charge >= 0.3 is 0 Å². The Kier molecular flexibility index (Phi) is 5.47. The third-order valence-electron chi connectivity index (χ3n) is 4.40. The molecule has 0 bridgehead atoms. The summed E-state index contributed by atoms with van der Waals surface area (Å²) in [6.07, 6.45) is 0.658. The minimum Gasteiger partial charge on any atom is -0.480 e. The predicted octanol–water partition coefficient (Wildman–Crippen LogP) is 3.30. The Bertz CT molecular complexity index is 838. The van der Waals surface area contributed by atoms with E-state index in [0.717, 1.165) is 23.2 Å². The molecule has 1 aliphatic heterocycles. The summed E-state index contributed by atoms with van der Waals surface area (Å²) >= 11 is 5.98. The van der Waals surface area contributed by atoms with Crippen LogP contribution in [-0.2, 0) is 22.4 Å². The molecule has 3 rings (SSSR count). The molecule has 0 saturated carbocycles. The van der Waals surface area contributed by atoms with Gasteiger partial charge in [-0.25, -0.2) is 0 Å². The molecule has 1 N–H and O–H groups in total. The molecular weight excluding hydrogens is 352 g/mol. The van der Waals surface area contributed by atoms with E-state index in [9.17, 15) is 9.59 Å². The van der Waals surface area contributed by atoms with E-state index in [1.165, 1.54) is 4.90 Å². The average molecular weight is 373 g/mol. The number of likely N-dealkylation sites (N-methyl/N-ethyl adjacent to an activating group) is 1. The number of fused-ring (bicyclic) bond motifs is 1. The van der Waals surface area contributed by atoms with Gasteiger partial charge in [0, 0.05) is 24.2 Å². The molecule has 0 aromatic heterocycles. The summed E-state index contributed by atoms with van der Waals surface area (Å²) in [5.41, 5.74) is 2.74. The minimum absolute atomic E-state index is 0.0339. The van der Waals surface area contributed by atoms with Crippen LogP contribution in [0, 0.1) is 0 Å². The van der Waals surface area contributed by atoms with Crippen molar-refractivity contribution >= 4 is 29.1 Å². The highest BCUT2D eigenvalue weighted by Crippen LogP contribution is 2.31. The van der Waals surface area contributed by atoms with Gasteiger partial charge in [-0.05, 0) is 41.8 Å². The summed E-state index contributed by atoms with van der Waals surface area (Å²) in [4.78, 5) is 26.3. The Morgan fingerprint density at radius 3 is 2.81 bits per heavy atom. The lowest BCUT2D eigenvalue weighted by Gasteiger charge is -2.20. The van der Waals surface area contributed by atoms with Gasteiger partial charge in [0.2, 0.25) is 5.91 Å². The molecule has 136 valence electrons. The van der Waals surface area contributed by atoms with Crippen LogP contribution in [0.3, 0.4) is 0 Å². The molecular formula is C20H21ClN2O3. The third-order valence-corrected chi connectivity index (χ3v) is 4.64. The number of anilines is 1. The summed E-state index contributed by atoms with van der Waals surface area (Å²) in [7, 11) is 1.60. The van der Waals surface area contributed by atoms with E-state index in [1.54, 1.807) is 25.2 Å². The topological polar surface area (TPSA) is 58.6 Å². The lowest BCUT2D eigenvalue weighted by molar-refractivity contribution is -0.139. The predicted molar refractivity (Wildman–Crippen MR) is 102 cm³/mol. The van der Waals surface area contributed by atoms with Crippen LogP contribution in [0.25, 0.3) is 0 Å². The zero-order valence-electron chi connectivity index (χ0n) is 14.8. The highest BCUT2D eigenvalue weighted by molar-refractivity contribution is 6.30. The first kappa shape index (κ1) is 18.3. The zero-order chi connectivity index (χ0) is 18.7. The molecule has 0 saturated heterocycles. The fraction of sp³-hybridized carbons (Fsp3) is 0.300. The van der Waals surface area contributed by atoms with Gasteiger partial charge in [-0.2, -0.15) is 0 Å². The Hall–Kier alpha value is -2.53. The maximum absolute atomic E-state index is 12.6. The van der Waals surface area contributed by atoms with Crippen LogP contribution in [0.5, 0.6) is 5.75 Å². The van der Waals surface area contributed by atoms with Crippen molar-refractivity contribution in [2.45, 2.75) is 25.9 Å². The summed E-state index contributed by atoms with van der Waals surface area (Å²) in [5.74, 6) is 0.207. The molecule has 0 radical (unpaired) electrons. The maximum Gasteiger partial charge on any atom is 0.264 e. The van der Waals surface area contributed by atoms with Crippen molar-refractivity contribution in [1.82, 2.24) is 4.90 Å².